The van der Waals surface area contributed by atoms with Crippen molar-refractivity contribution >= 4 is 17.4 Å². The predicted octanol–water partition coefficient (Wildman–Crippen LogP) is 4.27. The van der Waals surface area contributed by atoms with Crippen LogP contribution in [0, 0.1) is 5.82 Å². The van der Waals surface area contributed by atoms with Crippen molar-refractivity contribution in [1.29, 1.82) is 0 Å². The molecule has 0 saturated heterocycles. The van der Waals surface area contributed by atoms with Crippen LogP contribution >= 0.6 is 11.6 Å². The van der Waals surface area contributed by atoms with Crippen LogP contribution in [0.2, 0.25) is 5.02 Å². The maximum absolute atomic E-state index is 12.8. The molecular formula is C16H14ClFO2. The highest BCUT2D eigenvalue weighted by atomic mass is 35.5. The molecule has 0 aromatic heterocycles. The van der Waals surface area contributed by atoms with Gasteiger partial charge in [0.1, 0.15) is 11.9 Å². The lowest BCUT2D eigenvalue weighted by molar-refractivity contribution is 0.0412. The van der Waals surface area contributed by atoms with E-state index in [-0.39, 0.29) is 18.2 Å². The third-order valence-corrected chi connectivity index (χ3v) is 3.31. The fourth-order valence-corrected chi connectivity index (χ4v) is 1.95. The molecule has 1 atom stereocenters. The molecule has 0 N–H and O–H groups in total. The van der Waals surface area contributed by atoms with E-state index in [0.717, 1.165) is 5.56 Å². The minimum absolute atomic E-state index is 0.183. The minimum Gasteiger partial charge on any atom is -0.366 e. The van der Waals surface area contributed by atoms with Crippen molar-refractivity contribution in [3.8, 4) is 0 Å². The Morgan fingerprint density at radius 3 is 2.50 bits per heavy atom. The van der Waals surface area contributed by atoms with E-state index in [9.17, 15) is 9.18 Å². The molecule has 4 heteroatoms. The Morgan fingerprint density at radius 2 is 1.85 bits per heavy atom. The van der Waals surface area contributed by atoms with Crippen LogP contribution in [0.4, 0.5) is 4.39 Å². The van der Waals surface area contributed by atoms with Gasteiger partial charge in [-0.3, -0.25) is 4.79 Å². The number of hydrogen-bond acceptors (Lipinski definition) is 2. The highest BCUT2D eigenvalue weighted by Crippen LogP contribution is 2.17. The summed E-state index contributed by atoms with van der Waals surface area (Å²) >= 11 is 6.02. The van der Waals surface area contributed by atoms with Gasteiger partial charge in [0.05, 0.1) is 6.61 Å². The van der Waals surface area contributed by atoms with Crippen molar-refractivity contribution in [2.45, 2.75) is 19.6 Å². The number of hydrogen-bond donors (Lipinski definition) is 0. The Hall–Kier alpha value is -1.71. The number of benzene rings is 2. The molecule has 0 aliphatic carbocycles. The molecule has 2 nitrogen and oxygen atoms in total. The lowest BCUT2D eigenvalue weighted by Gasteiger charge is -2.13. The van der Waals surface area contributed by atoms with Crippen LogP contribution in [0.1, 0.15) is 22.8 Å². The maximum Gasteiger partial charge on any atom is 0.191 e. The Morgan fingerprint density at radius 1 is 1.20 bits per heavy atom. The van der Waals surface area contributed by atoms with Crippen molar-refractivity contribution in [1.82, 2.24) is 0 Å². The van der Waals surface area contributed by atoms with E-state index in [1.54, 1.807) is 13.0 Å². The summed E-state index contributed by atoms with van der Waals surface area (Å²) in [7, 11) is 0. The Kier molecular flexibility index (Phi) is 4.88. The molecule has 0 bridgehead atoms. The molecule has 0 heterocycles. The fraction of sp³-hybridized carbons (Fsp3) is 0.188. The van der Waals surface area contributed by atoms with Gasteiger partial charge in [0, 0.05) is 10.6 Å². The molecule has 0 amide bonds. The molecule has 0 aliphatic heterocycles. The first-order valence-corrected chi connectivity index (χ1v) is 6.60. The quantitative estimate of drug-likeness (QED) is 0.769. The SMILES string of the molecule is CC(OCc1ccccc1Cl)C(=O)c1ccc(F)cc1. The van der Waals surface area contributed by atoms with Gasteiger partial charge in [-0.1, -0.05) is 29.8 Å². The number of carbonyl (C=O) groups is 1. The van der Waals surface area contributed by atoms with Crippen molar-refractivity contribution in [2.24, 2.45) is 0 Å². The normalized spacial score (nSPS) is 12.2. The van der Waals surface area contributed by atoms with Gasteiger partial charge in [-0.25, -0.2) is 4.39 Å². The first-order valence-electron chi connectivity index (χ1n) is 6.22. The maximum atomic E-state index is 12.8. The van der Waals surface area contributed by atoms with E-state index >= 15 is 0 Å². The molecule has 2 aromatic carbocycles. The van der Waals surface area contributed by atoms with E-state index in [1.807, 2.05) is 18.2 Å². The second-order valence-electron chi connectivity index (χ2n) is 4.42. The standard InChI is InChI=1S/C16H14ClFO2/c1-11(16(19)12-6-8-14(18)9-7-12)20-10-13-4-2-3-5-15(13)17/h2-9,11H,10H2,1H3. The summed E-state index contributed by atoms with van der Waals surface area (Å²) in [5, 5.41) is 0.605. The summed E-state index contributed by atoms with van der Waals surface area (Å²) in [6, 6.07) is 12.7. The molecule has 2 rings (SSSR count). The molecule has 0 aliphatic rings. The zero-order chi connectivity index (χ0) is 14.5. The third kappa shape index (κ3) is 3.65. The summed E-state index contributed by atoms with van der Waals surface area (Å²) in [5.74, 6) is -0.553. The van der Waals surface area contributed by atoms with Gasteiger partial charge in [0.15, 0.2) is 5.78 Å². The Balaban J connectivity index is 1.98. The van der Waals surface area contributed by atoms with Crippen molar-refractivity contribution in [3.05, 3.63) is 70.5 Å². The Labute approximate surface area is 122 Å². The van der Waals surface area contributed by atoms with Crippen LogP contribution in [0.15, 0.2) is 48.5 Å². The molecular weight excluding hydrogens is 279 g/mol. The molecule has 0 spiro atoms. The van der Waals surface area contributed by atoms with E-state index in [2.05, 4.69) is 0 Å². The summed E-state index contributed by atoms with van der Waals surface area (Å²) < 4.78 is 18.3. The number of halogens is 2. The van der Waals surface area contributed by atoms with Gasteiger partial charge in [-0.2, -0.15) is 0 Å². The summed E-state index contributed by atoms with van der Waals surface area (Å²) in [4.78, 5) is 12.1. The van der Waals surface area contributed by atoms with Gasteiger partial charge in [0.25, 0.3) is 0 Å². The second-order valence-corrected chi connectivity index (χ2v) is 4.82. The van der Waals surface area contributed by atoms with Crippen molar-refractivity contribution < 1.29 is 13.9 Å². The molecule has 2 aromatic rings. The van der Waals surface area contributed by atoms with Crippen LogP contribution in [0.3, 0.4) is 0 Å². The number of rotatable bonds is 5. The van der Waals surface area contributed by atoms with E-state index in [1.165, 1.54) is 24.3 Å². The van der Waals surface area contributed by atoms with Crippen LogP contribution in [-0.4, -0.2) is 11.9 Å². The van der Waals surface area contributed by atoms with Gasteiger partial charge < -0.3 is 4.74 Å². The van der Waals surface area contributed by atoms with Crippen molar-refractivity contribution in [2.75, 3.05) is 0 Å². The van der Waals surface area contributed by atoms with E-state index in [0.29, 0.717) is 10.6 Å². The average molecular weight is 293 g/mol. The van der Waals surface area contributed by atoms with Gasteiger partial charge >= 0.3 is 0 Å². The third-order valence-electron chi connectivity index (χ3n) is 2.94. The zero-order valence-corrected chi connectivity index (χ0v) is 11.7. The van der Waals surface area contributed by atoms with E-state index in [4.69, 9.17) is 16.3 Å². The predicted molar refractivity (Wildman–Crippen MR) is 76.4 cm³/mol. The molecule has 0 radical (unpaired) electrons. The van der Waals surface area contributed by atoms with Crippen LogP contribution < -0.4 is 0 Å². The average Bonchev–Trinajstić information content (AvgIpc) is 2.46. The first-order chi connectivity index (χ1) is 9.58. The lowest BCUT2D eigenvalue weighted by Crippen LogP contribution is -2.20. The molecule has 20 heavy (non-hydrogen) atoms. The molecule has 1 unspecified atom stereocenters. The number of carbonyl (C=O) groups excluding carboxylic acids is 1. The van der Waals surface area contributed by atoms with Gasteiger partial charge in [-0.15, -0.1) is 0 Å². The van der Waals surface area contributed by atoms with Crippen LogP contribution in [0.25, 0.3) is 0 Å². The number of ether oxygens (including phenoxy) is 1. The van der Waals surface area contributed by atoms with Gasteiger partial charge in [0.2, 0.25) is 0 Å². The minimum atomic E-state index is -0.614. The number of ketones is 1. The topological polar surface area (TPSA) is 26.3 Å². The van der Waals surface area contributed by atoms with E-state index < -0.39 is 6.10 Å². The second kappa shape index (κ2) is 6.64. The summed E-state index contributed by atoms with van der Waals surface area (Å²) in [6.07, 6.45) is -0.614. The highest BCUT2D eigenvalue weighted by molar-refractivity contribution is 6.31. The monoisotopic (exact) mass is 292 g/mol. The van der Waals surface area contributed by atoms with Crippen molar-refractivity contribution in [3.63, 3.8) is 0 Å². The largest absolute Gasteiger partial charge is 0.366 e. The molecule has 104 valence electrons. The number of Topliss-reactive ketones (excluding diaryl/α,β-unsaturated/α-hetero) is 1. The smallest absolute Gasteiger partial charge is 0.191 e. The van der Waals surface area contributed by atoms with Crippen LogP contribution in [0.5, 0.6) is 0 Å². The summed E-state index contributed by atoms with van der Waals surface area (Å²) in [6.45, 7) is 1.93. The Bertz CT molecular complexity index is 596. The van der Waals surface area contributed by atoms with Crippen LogP contribution in [-0.2, 0) is 11.3 Å². The lowest BCUT2D eigenvalue weighted by atomic mass is 10.1. The highest BCUT2D eigenvalue weighted by Gasteiger charge is 2.16. The molecule has 0 saturated carbocycles. The fourth-order valence-electron chi connectivity index (χ4n) is 1.75. The zero-order valence-electron chi connectivity index (χ0n) is 11.0. The van der Waals surface area contributed by atoms with Gasteiger partial charge in [-0.05, 0) is 42.8 Å². The molecule has 0 fully saturated rings. The summed E-state index contributed by atoms with van der Waals surface area (Å²) in [5.41, 5.74) is 1.26. The first kappa shape index (κ1) is 14.7.